The van der Waals surface area contributed by atoms with Gasteiger partial charge in [0.05, 0.1) is 5.56 Å². The monoisotopic (exact) mass is 336 g/mol. The first-order valence-electron chi connectivity index (χ1n) is 6.37. The molecule has 6 nitrogen and oxygen atoms in total. The van der Waals surface area contributed by atoms with Gasteiger partial charge in [-0.25, -0.2) is 0 Å². The molecule has 1 aliphatic rings. The summed E-state index contributed by atoms with van der Waals surface area (Å²) in [5.41, 5.74) is 0.558. The van der Waals surface area contributed by atoms with Gasteiger partial charge in [0, 0.05) is 23.4 Å². The van der Waals surface area contributed by atoms with Crippen LogP contribution < -0.4 is 0 Å². The molecule has 0 N–H and O–H groups in total. The number of carbonyl (C=O) groups excluding carboxylic acids is 1. The van der Waals surface area contributed by atoms with Crippen LogP contribution >= 0.6 is 15.9 Å². The topological polar surface area (TPSA) is 72.1 Å². The molecule has 2 aromatic heterocycles. The summed E-state index contributed by atoms with van der Waals surface area (Å²) in [5, 5.41) is 3.80. The summed E-state index contributed by atoms with van der Waals surface area (Å²) in [6.45, 7) is 2.46. The third-order valence-corrected chi connectivity index (χ3v) is 3.73. The highest BCUT2D eigenvalue weighted by atomic mass is 79.9. The molecule has 1 atom stereocenters. The first-order chi connectivity index (χ1) is 9.65. The van der Waals surface area contributed by atoms with Crippen LogP contribution in [0.3, 0.4) is 0 Å². The highest BCUT2D eigenvalue weighted by Crippen LogP contribution is 2.32. The standard InChI is InChI=1S/C13H13BrN4O2/c1-8-16-12(20-17-8)11-3-2-4-18(11)13(19)9-5-10(14)7-15-6-9/h5-7,11H,2-4H2,1H3. The van der Waals surface area contributed by atoms with Gasteiger partial charge in [0.15, 0.2) is 5.82 Å². The summed E-state index contributed by atoms with van der Waals surface area (Å²) >= 11 is 3.33. The third-order valence-electron chi connectivity index (χ3n) is 3.29. The highest BCUT2D eigenvalue weighted by molar-refractivity contribution is 9.10. The van der Waals surface area contributed by atoms with E-state index < -0.39 is 0 Å². The lowest BCUT2D eigenvalue weighted by atomic mass is 10.2. The van der Waals surface area contributed by atoms with E-state index in [1.54, 1.807) is 30.3 Å². The number of amides is 1. The summed E-state index contributed by atoms with van der Waals surface area (Å²) in [6.07, 6.45) is 5.00. The minimum absolute atomic E-state index is 0.0582. The van der Waals surface area contributed by atoms with Crippen molar-refractivity contribution in [2.75, 3.05) is 6.54 Å². The SMILES string of the molecule is Cc1noc(C2CCCN2C(=O)c2cncc(Br)c2)n1. The van der Waals surface area contributed by atoms with Crippen molar-refractivity contribution in [3.63, 3.8) is 0 Å². The van der Waals surface area contributed by atoms with Gasteiger partial charge in [0.25, 0.3) is 5.91 Å². The lowest BCUT2D eigenvalue weighted by molar-refractivity contribution is 0.0709. The van der Waals surface area contributed by atoms with Crippen LogP contribution in [0.5, 0.6) is 0 Å². The third kappa shape index (κ3) is 2.45. The van der Waals surface area contributed by atoms with Crippen molar-refractivity contribution in [1.29, 1.82) is 0 Å². The van der Waals surface area contributed by atoms with Gasteiger partial charge in [-0.2, -0.15) is 4.98 Å². The van der Waals surface area contributed by atoms with Crippen LogP contribution in [-0.4, -0.2) is 32.5 Å². The fourth-order valence-corrected chi connectivity index (χ4v) is 2.77. The van der Waals surface area contributed by atoms with Crippen molar-refractivity contribution in [1.82, 2.24) is 20.0 Å². The number of aromatic nitrogens is 3. The maximum absolute atomic E-state index is 12.6. The minimum Gasteiger partial charge on any atom is -0.337 e. The first-order valence-corrected chi connectivity index (χ1v) is 7.16. The van der Waals surface area contributed by atoms with Crippen LogP contribution in [-0.2, 0) is 0 Å². The Hall–Kier alpha value is -1.76. The highest BCUT2D eigenvalue weighted by Gasteiger charge is 2.34. The average molecular weight is 337 g/mol. The van der Waals surface area contributed by atoms with Gasteiger partial charge in [0.1, 0.15) is 6.04 Å². The molecule has 3 heterocycles. The number of nitrogens with zero attached hydrogens (tertiary/aromatic N) is 4. The molecule has 7 heteroatoms. The van der Waals surface area contributed by atoms with E-state index in [2.05, 4.69) is 31.1 Å². The predicted octanol–water partition coefficient (Wildman–Crippen LogP) is 2.51. The molecule has 0 aliphatic carbocycles. The number of likely N-dealkylation sites (tertiary alicyclic amines) is 1. The van der Waals surface area contributed by atoms with E-state index in [-0.39, 0.29) is 11.9 Å². The second-order valence-corrected chi connectivity index (χ2v) is 5.64. The van der Waals surface area contributed by atoms with Crippen LogP contribution in [0.15, 0.2) is 27.5 Å². The Labute approximate surface area is 124 Å². The second-order valence-electron chi connectivity index (χ2n) is 4.73. The number of aryl methyl sites for hydroxylation is 1. The van der Waals surface area contributed by atoms with Gasteiger partial charge in [0.2, 0.25) is 5.89 Å². The summed E-state index contributed by atoms with van der Waals surface area (Å²) in [7, 11) is 0. The Morgan fingerprint density at radius 3 is 3.05 bits per heavy atom. The van der Waals surface area contributed by atoms with Crippen molar-refractivity contribution in [2.45, 2.75) is 25.8 Å². The predicted molar refractivity (Wildman–Crippen MR) is 74.0 cm³/mol. The van der Waals surface area contributed by atoms with Gasteiger partial charge in [-0.05, 0) is 41.8 Å². The van der Waals surface area contributed by atoms with E-state index in [0.717, 1.165) is 17.3 Å². The zero-order valence-electron chi connectivity index (χ0n) is 10.9. The van der Waals surface area contributed by atoms with Crippen molar-refractivity contribution in [2.24, 2.45) is 0 Å². The molecule has 1 unspecified atom stereocenters. The van der Waals surface area contributed by atoms with Gasteiger partial charge in [-0.3, -0.25) is 9.78 Å². The lowest BCUT2D eigenvalue weighted by Gasteiger charge is -2.21. The minimum atomic E-state index is -0.136. The largest absolute Gasteiger partial charge is 0.337 e. The molecular formula is C13H13BrN4O2. The van der Waals surface area contributed by atoms with E-state index in [0.29, 0.717) is 23.8 Å². The zero-order chi connectivity index (χ0) is 14.1. The van der Waals surface area contributed by atoms with Crippen LogP contribution in [0.25, 0.3) is 0 Å². The molecule has 104 valence electrons. The van der Waals surface area contributed by atoms with Crippen LogP contribution in [0.1, 0.15) is 41.0 Å². The molecule has 0 aromatic carbocycles. The molecule has 0 radical (unpaired) electrons. The maximum Gasteiger partial charge on any atom is 0.256 e. The molecule has 0 spiro atoms. The molecule has 0 bridgehead atoms. The van der Waals surface area contributed by atoms with Crippen molar-refractivity contribution in [3.8, 4) is 0 Å². The summed E-state index contributed by atoms with van der Waals surface area (Å²) < 4.78 is 5.99. The average Bonchev–Trinajstić information content (AvgIpc) is 3.06. The van der Waals surface area contributed by atoms with Crippen LogP contribution in [0.2, 0.25) is 0 Å². The smallest absolute Gasteiger partial charge is 0.256 e. The van der Waals surface area contributed by atoms with E-state index in [4.69, 9.17) is 4.52 Å². The van der Waals surface area contributed by atoms with Gasteiger partial charge >= 0.3 is 0 Å². The maximum atomic E-state index is 12.6. The van der Waals surface area contributed by atoms with E-state index in [1.807, 2.05) is 0 Å². The Bertz CT molecular complexity index is 643. The molecule has 1 fully saturated rings. The lowest BCUT2D eigenvalue weighted by Crippen LogP contribution is -2.30. The van der Waals surface area contributed by atoms with Gasteiger partial charge in [-0.15, -0.1) is 0 Å². The first kappa shape index (κ1) is 13.2. The fourth-order valence-electron chi connectivity index (χ4n) is 2.41. The van der Waals surface area contributed by atoms with E-state index in [9.17, 15) is 4.79 Å². The number of pyridine rings is 1. The van der Waals surface area contributed by atoms with Crippen LogP contribution in [0, 0.1) is 6.92 Å². The Balaban J connectivity index is 1.87. The number of hydrogen-bond acceptors (Lipinski definition) is 5. The molecule has 3 rings (SSSR count). The molecule has 1 aliphatic heterocycles. The second kappa shape index (κ2) is 5.32. The van der Waals surface area contributed by atoms with E-state index in [1.165, 1.54) is 0 Å². The Kier molecular flexibility index (Phi) is 3.52. The fraction of sp³-hybridized carbons (Fsp3) is 0.385. The van der Waals surface area contributed by atoms with Gasteiger partial charge < -0.3 is 9.42 Å². The van der Waals surface area contributed by atoms with Gasteiger partial charge in [-0.1, -0.05) is 5.16 Å². The number of halogens is 1. The number of hydrogen-bond donors (Lipinski definition) is 0. The zero-order valence-corrected chi connectivity index (χ0v) is 12.5. The van der Waals surface area contributed by atoms with Crippen molar-refractivity contribution < 1.29 is 9.32 Å². The molecule has 20 heavy (non-hydrogen) atoms. The molecular weight excluding hydrogens is 324 g/mol. The molecule has 1 saturated heterocycles. The van der Waals surface area contributed by atoms with Crippen molar-refractivity contribution >= 4 is 21.8 Å². The quantitative estimate of drug-likeness (QED) is 0.842. The number of rotatable bonds is 2. The molecule has 0 saturated carbocycles. The normalized spacial score (nSPS) is 18.5. The summed E-state index contributed by atoms with van der Waals surface area (Å²) in [6, 6.07) is 1.63. The van der Waals surface area contributed by atoms with Crippen molar-refractivity contribution in [3.05, 3.63) is 40.2 Å². The Morgan fingerprint density at radius 1 is 1.50 bits per heavy atom. The summed E-state index contributed by atoms with van der Waals surface area (Å²) in [4.78, 5) is 22.6. The number of carbonyl (C=O) groups is 1. The Morgan fingerprint density at radius 2 is 2.35 bits per heavy atom. The molecule has 2 aromatic rings. The summed E-state index contributed by atoms with van der Waals surface area (Å²) in [5.74, 6) is 1.04. The van der Waals surface area contributed by atoms with E-state index >= 15 is 0 Å². The molecule has 1 amide bonds. The van der Waals surface area contributed by atoms with Crippen LogP contribution in [0.4, 0.5) is 0 Å².